The third-order valence-electron chi connectivity index (χ3n) is 6.64. The zero-order valence-corrected chi connectivity index (χ0v) is 21.5. The van der Waals surface area contributed by atoms with Gasteiger partial charge in [0.15, 0.2) is 0 Å². The number of hydrogen-bond acceptors (Lipinski definition) is 5. The molecule has 0 fully saturated rings. The number of carbonyl (C=O) groups excluding carboxylic acids is 1. The Morgan fingerprint density at radius 2 is 1.82 bits per heavy atom. The summed E-state index contributed by atoms with van der Waals surface area (Å²) < 4.78 is 0. The zero-order valence-electron chi connectivity index (χ0n) is 20.7. The summed E-state index contributed by atoms with van der Waals surface area (Å²) in [5.74, 6) is -0.0959. The number of aromatic amines is 2. The topological polar surface area (TPSA) is 99.4 Å². The Labute approximate surface area is 227 Å². The number of amides is 1. The van der Waals surface area contributed by atoms with Crippen molar-refractivity contribution in [1.29, 1.82) is 0 Å². The molecule has 8 heteroatoms. The Bertz CT molecular complexity index is 1940. The van der Waals surface area contributed by atoms with Crippen LogP contribution in [0.25, 0.3) is 55.0 Å². The van der Waals surface area contributed by atoms with E-state index in [9.17, 15) is 4.79 Å². The Hall–Kier alpha value is -5.08. The first kappa shape index (κ1) is 23.1. The standard InChI is InChI=1S/C31H22N6OS/c38-29(14-19-6-2-1-3-7-19)33-21-15-20(17-32-18-21)24-11-12-26-30(35-24)31(37-36-26)27-16-23-22(28-10-5-13-39-28)8-4-9-25(23)34-27/h1-13,15-18,34H,14H2,(H,33,38)(H,36,37). The summed E-state index contributed by atoms with van der Waals surface area (Å²) in [5.41, 5.74) is 8.61. The van der Waals surface area contributed by atoms with Crippen molar-refractivity contribution in [2.75, 3.05) is 5.32 Å². The average Bonchev–Trinajstić information content (AvgIpc) is 3.73. The Morgan fingerprint density at radius 1 is 0.897 bits per heavy atom. The second-order valence-electron chi connectivity index (χ2n) is 9.26. The van der Waals surface area contributed by atoms with Crippen LogP contribution in [-0.4, -0.2) is 31.1 Å². The van der Waals surface area contributed by atoms with E-state index in [2.05, 4.69) is 67.3 Å². The van der Waals surface area contributed by atoms with E-state index in [-0.39, 0.29) is 5.91 Å². The maximum absolute atomic E-state index is 12.6. The van der Waals surface area contributed by atoms with Crippen LogP contribution in [-0.2, 0) is 11.2 Å². The fourth-order valence-electron chi connectivity index (χ4n) is 4.81. The van der Waals surface area contributed by atoms with Crippen LogP contribution in [0.3, 0.4) is 0 Å². The number of fused-ring (bicyclic) bond motifs is 2. The first-order chi connectivity index (χ1) is 19.2. The number of nitrogens with one attached hydrogen (secondary N) is 3. The molecule has 0 saturated carbocycles. The molecule has 0 aliphatic carbocycles. The van der Waals surface area contributed by atoms with Gasteiger partial charge in [-0.3, -0.25) is 14.9 Å². The van der Waals surface area contributed by atoms with Crippen molar-refractivity contribution in [2.45, 2.75) is 6.42 Å². The number of thiophene rings is 1. The Kier molecular flexibility index (Phi) is 5.71. The van der Waals surface area contributed by atoms with E-state index in [4.69, 9.17) is 4.98 Å². The van der Waals surface area contributed by atoms with Crippen molar-refractivity contribution in [1.82, 2.24) is 25.1 Å². The fourth-order valence-corrected chi connectivity index (χ4v) is 5.58. The molecule has 7 nitrogen and oxygen atoms in total. The lowest BCUT2D eigenvalue weighted by Crippen LogP contribution is -2.14. The van der Waals surface area contributed by atoms with Gasteiger partial charge in [-0.1, -0.05) is 48.5 Å². The lowest BCUT2D eigenvalue weighted by atomic mass is 10.1. The highest BCUT2D eigenvalue weighted by atomic mass is 32.1. The quantitative estimate of drug-likeness (QED) is 0.216. The van der Waals surface area contributed by atoms with Gasteiger partial charge in [-0.15, -0.1) is 11.3 Å². The smallest absolute Gasteiger partial charge is 0.228 e. The van der Waals surface area contributed by atoms with E-state index < -0.39 is 0 Å². The molecule has 2 aromatic carbocycles. The van der Waals surface area contributed by atoms with Gasteiger partial charge in [0, 0.05) is 33.1 Å². The monoisotopic (exact) mass is 526 g/mol. The van der Waals surface area contributed by atoms with Crippen LogP contribution >= 0.6 is 11.3 Å². The van der Waals surface area contributed by atoms with Gasteiger partial charge in [0.05, 0.1) is 35.2 Å². The summed E-state index contributed by atoms with van der Waals surface area (Å²) in [6.45, 7) is 0. The van der Waals surface area contributed by atoms with Crippen molar-refractivity contribution in [2.24, 2.45) is 0 Å². The molecule has 5 heterocycles. The van der Waals surface area contributed by atoms with Crippen molar-refractivity contribution in [3.8, 4) is 33.1 Å². The van der Waals surface area contributed by atoms with Gasteiger partial charge in [-0.2, -0.15) is 5.10 Å². The number of aromatic nitrogens is 5. The molecule has 0 spiro atoms. The summed E-state index contributed by atoms with van der Waals surface area (Å²) in [6, 6.07) is 28.1. The first-order valence-electron chi connectivity index (χ1n) is 12.5. The third kappa shape index (κ3) is 4.47. The zero-order chi connectivity index (χ0) is 26.2. The molecule has 0 radical (unpaired) electrons. The van der Waals surface area contributed by atoms with Crippen LogP contribution in [0.1, 0.15) is 5.56 Å². The van der Waals surface area contributed by atoms with Gasteiger partial charge in [-0.25, -0.2) is 4.98 Å². The van der Waals surface area contributed by atoms with Gasteiger partial charge >= 0.3 is 0 Å². The van der Waals surface area contributed by atoms with Crippen LogP contribution < -0.4 is 5.32 Å². The molecule has 0 aliphatic rings. The van der Waals surface area contributed by atoms with E-state index in [1.165, 1.54) is 10.4 Å². The minimum atomic E-state index is -0.0959. The highest BCUT2D eigenvalue weighted by molar-refractivity contribution is 7.13. The summed E-state index contributed by atoms with van der Waals surface area (Å²) >= 11 is 1.72. The molecule has 188 valence electrons. The molecule has 5 aromatic heterocycles. The Morgan fingerprint density at radius 3 is 2.69 bits per heavy atom. The van der Waals surface area contributed by atoms with Gasteiger partial charge in [0.2, 0.25) is 5.91 Å². The SMILES string of the molecule is O=C(Cc1ccccc1)Nc1cncc(-c2ccc3[nH]nc(-c4cc5c(-c6cccs6)cccc5[nH]4)c3n2)c1. The van der Waals surface area contributed by atoms with E-state index in [0.717, 1.165) is 50.1 Å². The van der Waals surface area contributed by atoms with Crippen molar-refractivity contribution in [3.63, 3.8) is 0 Å². The molecular weight excluding hydrogens is 504 g/mol. The van der Waals surface area contributed by atoms with Crippen LogP contribution in [0, 0.1) is 0 Å². The van der Waals surface area contributed by atoms with Crippen LogP contribution in [0.2, 0.25) is 0 Å². The maximum atomic E-state index is 12.6. The van der Waals surface area contributed by atoms with Crippen molar-refractivity contribution in [3.05, 3.63) is 108 Å². The number of H-pyrrole nitrogens is 2. The molecule has 0 atom stereocenters. The summed E-state index contributed by atoms with van der Waals surface area (Å²) in [4.78, 5) is 26.6. The minimum Gasteiger partial charge on any atom is -0.353 e. The number of pyridine rings is 2. The van der Waals surface area contributed by atoms with E-state index >= 15 is 0 Å². The number of benzene rings is 2. The highest BCUT2D eigenvalue weighted by Gasteiger charge is 2.16. The van der Waals surface area contributed by atoms with Crippen molar-refractivity contribution < 1.29 is 4.79 Å². The van der Waals surface area contributed by atoms with Crippen LogP contribution in [0.4, 0.5) is 5.69 Å². The molecule has 0 aliphatic heterocycles. The predicted octanol–water partition coefficient (Wildman–Crippen LogP) is 7.08. The molecular formula is C31H22N6OS. The van der Waals surface area contributed by atoms with Gasteiger partial charge in [-0.05, 0) is 47.3 Å². The molecule has 1 amide bonds. The molecule has 0 unspecified atom stereocenters. The van der Waals surface area contributed by atoms with E-state index in [1.54, 1.807) is 23.7 Å². The highest BCUT2D eigenvalue weighted by Crippen LogP contribution is 2.35. The second-order valence-corrected chi connectivity index (χ2v) is 10.2. The molecule has 3 N–H and O–H groups in total. The van der Waals surface area contributed by atoms with E-state index in [1.807, 2.05) is 48.5 Å². The minimum absolute atomic E-state index is 0.0959. The lowest BCUT2D eigenvalue weighted by Gasteiger charge is -2.07. The second kappa shape index (κ2) is 9.66. The first-order valence-corrected chi connectivity index (χ1v) is 13.4. The van der Waals surface area contributed by atoms with Gasteiger partial charge < -0.3 is 10.3 Å². The number of rotatable bonds is 6. The number of carbonyl (C=O) groups is 1. The predicted molar refractivity (Wildman–Crippen MR) is 157 cm³/mol. The Balaban J connectivity index is 1.21. The van der Waals surface area contributed by atoms with Crippen LogP contribution in [0.5, 0.6) is 0 Å². The normalized spacial score (nSPS) is 11.3. The third-order valence-corrected chi connectivity index (χ3v) is 7.54. The van der Waals surface area contributed by atoms with Gasteiger partial charge in [0.1, 0.15) is 11.2 Å². The number of nitrogens with zero attached hydrogens (tertiary/aromatic N) is 3. The van der Waals surface area contributed by atoms with Crippen LogP contribution in [0.15, 0.2) is 103 Å². The average molecular weight is 527 g/mol. The summed E-state index contributed by atoms with van der Waals surface area (Å²) in [7, 11) is 0. The molecule has 0 bridgehead atoms. The lowest BCUT2D eigenvalue weighted by molar-refractivity contribution is -0.115. The summed E-state index contributed by atoms with van der Waals surface area (Å²) in [5, 5.41) is 13.9. The van der Waals surface area contributed by atoms with Gasteiger partial charge in [0.25, 0.3) is 0 Å². The molecule has 7 rings (SSSR count). The number of anilines is 1. The molecule has 0 saturated heterocycles. The molecule has 7 aromatic rings. The maximum Gasteiger partial charge on any atom is 0.228 e. The van der Waals surface area contributed by atoms with E-state index in [0.29, 0.717) is 12.1 Å². The molecule has 39 heavy (non-hydrogen) atoms. The fraction of sp³-hybridized carbons (Fsp3) is 0.0323. The largest absolute Gasteiger partial charge is 0.353 e. The summed E-state index contributed by atoms with van der Waals surface area (Å²) in [6.07, 6.45) is 3.69. The number of hydrogen-bond donors (Lipinski definition) is 3. The van der Waals surface area contributed by atoms with Crippen molar-refractivity contribution >= 4 is 44.9 Å².